The number of carbonyl (C=O) groups is 3. The Kier molecular flexibility index (Phi) is 39.1. The van der Waals surface area contributed by atoms with E-state index in [0.717, 1.165) is 18.4 Å². The van der Waals surface area contributed by atoms with Crippen LogP contribution in [0.2, 0.25) is 0 Å². The van der Waals surface area contributed by atoms with Crippen LogP contribution in [-0.2, 0) is 66.4 Å². The van der Waals surface area contributed by atoms with Crippen LogP contribution in [0.5, 0.6) is 0 Å². The molecule has 0 atom stereocenters. The van der Waals surface area contributed by atoms with E-state index in [1.54, 1.807) is 0 Å². The van der Waals surface area contributed by atoms with Gasteiger partial charge in [0.1, 0.15) is 12.0 Å². The average Bonchev–Trinajstić information content (AvgIpc) is 3.05. The van der Waals surface area contributed by atoms with Gasteiger partial charge in [-0.15, -0.1) is 0 Å². The Balaban J connectivity index is -0.000000145. The number of ether oxygens (including phenoxy) is 2. The minimum atomic E-state index is -6.22. The molecule has 0 amide bonds. The van der Waals surface area contributed by atoms with Crippen molar-refractivity contribution in [2.24, 2.45) is 0 Å². The summed E-state index contributed by atoms with van der Waals surface area (Å²) in [6.45, 7) is 0.136. The van der Waals surface area contributed by atoms with Gasteiger partial charge in [0.15, 0.2) is 10.1 Å². The number of alkyl halides is 6. The normalized spacial score (nSPS) is 10.8. The van der Waals surface area contributed by atoms with Crippen molar-refractivity contribution in [2.75, 3.05) is 20.3 Å². The summed E-state index contributed by atoms with van der Waals surface area (Å²) in [6.07, 6.45) is 2.86. The molecule has 0 bridgehead atoms. The number of halogens is 7. The molecule has 0 saturated heterocycles. The Morgan fingerprint density at radius 2 is 1.19 bits per heavy atom. The molecular weight excluding hydrogens is 854 g/mol. The molecule has 0 unspecified atom stereocenters. The Morgan fingerprint density at radius 3 is 1.46 bits per heavy atom. The second-order valence-corrected chi connectivity index (χ2v) is 12.1. The number of carbonyl (C=O) groups excluding carboxylic acids is 2. The quantitative estimate of drug-likeness (QED) is 0.0194. The van der Waals surface area contributed by atoms with Gasteiger partial charge in [-0.2, -0.15) is 39.1 Å². The van der Waals surface area contributed by atoms with Gasteiger partial charge in [-0.25, -0.2) is 22.8 Å². The summed E-state index contributed by atoms with van der Waals surface area (Å²) in [4.78, 5) is 30.2. The molecule has 54 heavy (non-hydrogen) atoms. The maximum Gasteiger partial charge on any atom is 1.00 e. The van der Waals surface area contributed by atoms with Crippen LogP contribution in [0.4, 0.5) is 30.2 Å². The smallest absolute Gasteiger partial charge is 0.870 e. The van der Waals surface area contributed by atoms with Gasteiger partial charge in [0.2, 0.25) is 0 Å². The van der Waals surface area contributed by atoms with Crippen LogP contribution in [-0.4, -0.2) is 91.1 Å². The third kappa shape index (κ3) is 27.1. The Morgan fingerprint density at radius 1 is 0.778 bits per heavy atom. The molecule has 3 N–H and O–H groups in total. The number of hydrogen-bond acceptors (Lipinski definition) is 16. The molecule has 2 rings (SSSR count). The molecule has 29 heteroatoms. The van der Waals surface area contributed by atoms with Gasteiger partial charge in [0, 0.05) is 6.61 Å². The van der Waals surface area contributed by atoms with E-state index in [9.17, 15) is 71.3 Å². The maximum absolute atomic E-state index is 12.9. The molecule has 16 nitrogen and oxygen atoms in total. The first-order valence-electron chi connectivity index (χ1n) is 12.8. The van der Waals surface area contributed by atoms with Crippen molar-refractivity contribution in [3.05, 3.63) is 71.8 Å². The fourth-order valence-electron chi connectivity index (χ4n) is 2.51. The van der Waals surface area contributed by atoms with Crippen LogP contribution in [0, 0.1) is 0 Å². The number of methoxy groups -OCH3 is 1. The zero-order chi connectivity index (χ0) is 39.2. The number of esters is 2. The van der Waals surface area contributed by atoms with E-state index in [4.69, 9.17) is 10.2 Å². The number of aliphatic hydroxyl groups excluding tert-OH is 1. The topological polar surface area (TPSA) is 273 Å². The predicted octanol–water partition coefficient (Wildman–Crippen LogP) is -6.67. The van der Waals surface area contributed by atoms with Gasteiger partial charge in [-0.05, 0) is 36.8 Å². The number of hydrogen-bond donors (Lipinski definition) is 2. The number of aryl methyl sites for hydroxylation is 2. The van der Waals surface area contributed by atoms with Crippen molar-refractivity contribution < 1.29 is 194 Å². The average molecular weight is 883 g/mol. The minimum absolute atomic E-state index is 0. The predicted molar refractivity (Wildman–Crippen MR) is 153 cm³/mol. The second kappa shape index (κ2) is 32.3. The van der Waals surface area contributed by atoms with E-state index < -0.39 is 66.1 Å². The molecule has 294 valence electrons. The van der Waals surface area contributed by atoms with Crippen LogP contribution < -0.4 is 93.9 Å². The summed E-state index contributed by atoms with van der Waals surface area (Å²) in [5.74, 6) is -7.19. The van der Waals surface area contributed by atoms with Crippen LogP contribution in [0.1, 0.15) is 24.0 Å². The summed E-state index contributed by atoms with van der Waals surface area (Å²) in [6, 6.07) is 19.5. The largest absolute Gasteiger partial charge is 1.00 e. The van der Waals surface area contributed by atoms with Crippen molar-refractivity contribution >= 4 is 50.3 Å². The molecule has 0 saturated carbocycles. The van der Waals surface area contributed by atoms with E-state index in [0.29, 0.717) is 20.0 Å². The number of carboxylic acids is 1. The minimum Gasteiger partial charge on any atom is -0.870 e. The summed E-state index contributed by atoms with van der Waals surface area (Å²) in [7, 11) is -11.8. The summed E-state index contributed by atoms with van der Waals surface area (Å²) < 4.78 is 143. The summed E-state index contributed by atoms with van der Waals surface area (Å²) >= 11 is -0.701. The molecule has 0 fully saturated rings. The van der Waals surface area contributed by atoms with Crippen molar-refractivity contribution in [1.82, 2.24) is 0 Å². The number of aliphatic carboxylic acids is 1. The molecule has 0 radical (unpaired) electrons. The summed E-state index contributed by atoms with van der Waals surface area (Å²) in [5, 5.41) is 13.8. The first-order valence-corrected chi connectivity index (χ1v) is 16.3. The molecule has 2 aromatic carbocycles. The van der Waals surface area contributed by atoms with E-state index in [1.807, 2.05) is 48.5 Å². The van der Waals surface area contributed by atoms with E-state index in [1.165, 1.54) is 5.56 Å². The van der Waals surface area contributed by atoms with E-state index in [2.05, 4.69) is 31.0 Å². The number of rotatable bonds is 15. The number of carboxylic acid groups (broad SMARTS) is 1. The first kappa shape index (κ1) is 65.2. The monoisotopic (exact) mass is 882 g/mol. The van der Waals surface area contributed by atoms with Gasteiger partial charge in [-0.1, -0.05) is 64.5 Å². The first-order chi connectivity index (χ1) is 22.9. The molecule has 0 heterocycles. The number of benzene rings is 2. The number of aliphatic hydroxyl groups is 1. The molecule has 0 spiro atoms. The van der Waals surface area contributed by atoms with Crippen LogP contribution in [0.3, 0.4) is 0 Å². The third-order valence-corrected chi connectivity index (χ3v) is 6.93. The Hall–Kier alpha value is -0.630. The zero-order valence-corrected chi connectivity index (χ0v) is 37.0. The van der Waals surface area contributed by atoms with Crippen molar-refractivity contribution in [3.8, 4) is 0 Å². The van der Waals surface area contributed by atoms with Crippen LogP contribution >= 0.6 is 12.0 Å². The van der Waals surface area contributed by atoms with Crippen LogP contribution in [0.15, 0.2) is 60.7 Å². The van der Waals surface area contributed by atoms with Gasteiger partial charge in [0.05, 0.1) is 13.7 Å². The molecule has 0 aromatic heterocycles. The maximum atomic E-state index is 12.9. The Bertz CT molecular complexity index is 1530. The molecule has 0 aliphatic carbocycles. The van der Waals surface area contributed by atoms with Crippen molar-refractivity contribution in [3.63, 3.8) is 0 Å². The van der Waals surface area contributed by atoms with E-state index >= 15 is 0 Å². The van der Waals surface area contributed by atoms with Crippen LogP contribution in [0.25, 0.3) is 0 Å². The summed E-state index contributed by atoms with van der Waals surface area (Å²) in [5.41, 5.74) is 2.32. The third-order valence-electron chi connectivity index (χ3n) is 4.85. The van der Waals surface area contributed by atoms with Crippen molar-refractivity contribution in [1.29, 1.82) is 0 Å². The Labute approximate surface area is 374 Å². The van der Waals surface area contributed by atoms with Gasteiger partial charge >= 0.3 is 133 Å². The van der Waals surface area contributed by atoms with Crippen molar-refractivity contribution in [2.45, 2.75) is 41.4 Å². The molecule has 2 aromatic rings. The molecule has 0 aliphatic rings. The molecule has 0 aliphatic heterocycles. The fourth-order valence-corrected chi connectivity index (χ4v) is 3.25. The van der Waals surface area contributed by atoms with Gasteiger partial charge < -0.3 is 35.0 Å². The second-order valence-electron chi connectivity index (χ2n) is 8.50. The standard InChI is InChI=1S/C11H12F2O5S.C9H12O.C3H3F3O4S.C2H2F2O5S.3Na.H2O/c12-11(13,19-18-17-15)10(14)16-8-4-7-9-5-2-1-3-6-9;10-8-4-7-9-5-2-1-3-6-9;1-10-2(7)3(4,5)11(6,8)9;3-2(4,1(5)6)10(7,8)9;;;;/h1-3,5-6,15H,4,7-8H2;1-3,5-6,10H,4,7-8H2;1H3;(H,5,6)(H,7,8,9);;;;1H2/q;;;;3*+1;/p-3. The van der Waals surface area contributed by atoms with Gasteiger partial charge in [0.25, 0.3) is 0 Å². The fraction of sp³-hybridized carbons (Fsp3) is 0.400. The van der Waals surface area contributed by atoms with Gasteiger partial charge in [-0.3, -0.25) is 5.04 Å². The SMILES string of the molecule is COC(=O)C(F)(F)S(=O)(=O)F.O=C(O)C(F)(F)S(=O)(=O)[O-].O=C(OCCCc1ccccc1)C(F)(F)SOO[O-].OCCCc1ccccc1.[Na+].[Na+].[Na+].[OH-]. The van der Waals surface area contributed by atoms with E-state index in [-0.39, 0.29) is 107 Å². The molecular formula is C25H28F7Na3O16S3. The zero-order valence-electron chi connectivity index (χ0n) is 28.5.